The van der Waals surface area contributed by atoms with Crippen molar-refractivity contribution >= 4 is 17.6 Å². The Bertz CT molecular complexity index is 664. The zero-order valence-corrected chi connectivity index (χ0v) is 10.8. The van der Waals surface area contributed by atoms with E-state index in [1.807, 2.05) is 0 Å². The van der Waals surface area contributed by atoms with Crippen LogP contribution in [0.4, 0.5) is 10.1 Å². The lowest BCUT2D eigenvalue weighted by Crippen LogP contribution is -2.21. The van der Waals surface area contributed by atoms with Gasteiger partial charge in [-0.3, -0.25) is 4.79 Å². The zero-order valence-electron chi connectivity index (χ0n) is 10.8. The number of amides is 1. The van der Waals surface area contributed by atoms with Gasteiger partial charge in [0.05, 0.1) is 0 Å². The number of halogens is 1. The molecule has 6 heteroatoms. The summed E-state index contributed by atoms with van der Waals surface area (Å²) in [5, 5.41) is 11.5. The summed E-state index contributed by atoms with van der Waals surface area (Å²) in [7, 11) is 0. The molecule has 20 heavy (non-hydrogen) atoms. The molecule has 0 atom stereocenters. The van der Waals surface area contributed by atoms with E-state index in [0.717, 1.165) is 5.56 Å². The van der Waals surface area contributed by atoms with Crippen LogP contribution in [0.5, 0.6) is 0 Å². The van der Waals surface area contributed by atoms with Gasteiger partial charge in [0.25, 0.3) is 0 Å². The van der Waals surface area contributed by atoms with Gasteiger partial charge in [-0.1, -0.05) is 6.07 Å². The fourth-order valence-corrected chi connectivity index (χ4v) is 1.82. The van der Waals surface area contributed by atoms with Gasteiger partial charge in [-0.25, -0.2) is 9.18 Å². The van der Waals surface area contributed by atoms with Crippen molar-refractivity contribution in [1.82, 2.24) is 4.57 Å². The number of hydrogen-bond acceptors (Lipinski definition) is 2. The van der Waals surface area contributed by atoms with Crippen molar-refractivity contribution in [3.05, 3.63) is 53.6 Å². The average molecular weight is 276 g/mol. The smallest absolute Gasteiger partial charge is 0.352 e. The van der Waals surface area contributed by atoms with Gasteiger partial charge in [0.15, 0.2) is 0 Å². The van der Waals surface area contributed by atoms with E-state index in [1.54, 1.807) is 19.1 Å². The topological polar surface area (TPSA) is 71.3 Å². The van der Waals surface area contributed by atoms with Gasteiger partial charge < -0.3 is 15.0 Å². The molecule has 0 radical (unpaired) electrons. The van der Waals surface area contributed by atoms with Crippen molar-refractivity contribution < 1.29 is 19.1 Å². The molecule has 0 bridgehead atoms. The fourth-order valence-electron chi connectivity index (χ4n) is 1.82. The minimum atomic E-state index is -1.11. The van der Waals surface area contributed by atoms with Crippen molar-refractivity contribution in [1.29, 1.82) is 0 Å². The fraction of sp³-hybridized carbons (Fsp3) is 0.143. The molecule has 0 aliphatic carbocycles. The third kappa shape index (κ3) is 3.03. The summed E-state index contributed by atoms with van der Waals surface area (Å²) < 4.78 is 14.4. The molecule has 2 N–H and O–H groups in total. The number of benzene rings is 1. The molecule has 1 aromatic heterocycles. The number of carbonyl (C=O) groups is 2. The summed E-state index contributed by atoms with van der Waals surface area (Å²) in [6.45, 7) is 1.60. The number of anilines is 1. The highest BCUT2D eigenvalue weighted by Crippen LogP contribution is 2.16. The minimum Gasteiger partial charge on any atom is -0.477 e. The SMILES string of the molecule is Cc1ccc(F)cc1NC(=O)Cn1cccc1C(=O)O. The van der Waals surface area contributed by atoms with Gasteiger partial charge in [-0.05, 0) is 36.8 Å². The Morgan fingerprint density at radius 2 is 2.10 bits per heavy atom. The number of hydrogen-bond donors (Lipinski definition) is 2. The maximum atomic E-state index is 13.1. The van der Waals surface area contributed by atoms with Crippen LogP contribution in [-0.2, 0) is 11.3 Å². The molecule has 0 unspecified atom stereocenters. The van der Waals surface area contributed by atoms with E-state index in [9.17, 15) is 14.0 Å². The third-order valence-corrected chi connectivity index (χ3v) is 2.84. The van der Waals surface area contributed by atoms with Crippen molar-refractivity contribution in [2.45, 2.75) is 13.5 Å². The number of nitrogens with zero attached hydrogens (tertiary/aromatic N) is 1. The van der Waals surface area contributed by atoms with E-state index in [0.29, 0.717) is 5.69 Å². The first kappa shape index (κ1) is 13.8. The molecule has 1 amide bonds. The molecule has 1 heterocycles. The molecule has 0 fully saturated rings. The van der Waals surface area contributed by atoms with Gasteiger partial charge in [0.1, 0.15) is 18.1 Å². The van der Waals surface area contributed by atoms with E-state index in [4.69, 9.17) is 5.11 Å². The first-order valence-corrected chi connectivity index (χ1v) is 5.92. The van der Waals surface area contributed by atoms with Crippen molar-refractivity contribution in [2.24, 2.45) is 0 Å². The summed E-state index contributed by atoms with van der Waals surface area (Å²) in [6.07, 6.45) is 1.50. The number of rotatable bonds is 4. The molecule has 5 nitrogen and oxygen atoms in total. The lowest BCUT2D eigenvalue weighted by molar-refractivity contribution is -0.116. The highest BCUT2D eigenvalue weighted by atomic mass is 19.1. The van der Waals surface area contributed by atoms with Crippen LogP contribution in [0.25, 0.3) is 0 Å². The Hall–Kier alpha value is -2.63. The third-order valence-electron chi connectivity index (χ3n) is 2.84. The molecule has 0 saturated carbocycles. The minimum absolute atomic E-state index is 0.0242. The number of carbonyl (C=O) groups excluding carboxylic acids is 1. The highest BCUT2D eigenvalue weighted by Gasteiger charge is 2.12. The lowest BCUT2D eigenvalue weighted by atomic mass is 10.2. The molecule has 104 valence electrons. The standard InChI is InChI=1S/C14H13FN2O3/c1-9-4-5-10(15)7-11(9)16-13(18)8-17-6-2-3-12(17)14(19)20/h2-7H,8H2,1H3,(H,16,18)(H,19,20). The van der Waals surface area contributed by atoms with Crippen molar-refractivity contribution in [3.8, 4) is 0 Å². The summed E-state index contributed by atoms with van der Waals surface area (Å²) in [5.74, 6) is -1.97. The van der Waals surface area contributed by atoms with E-state index in [2.05, 4.69) is 5.32 Å². The van der Waals surface area contributed by atoms with Gasteiger partial charge in [0.2, 0.25) is 5.91 Å². The van der Waals surface area contributed by atoms with Gasteiger partial charge in [-0.15, -0.1) is 0 Å². The maximum Gasteiger partial charge on any atom is 0.352 e. The Morgan fingerprint density at radius 3 is 2.80 bits per heavy atom. The number of carboxylic acids is 1. The summed E-state index contributed by atoms with van der Waals surface area (Å²) in [5.41, 5.74) is 1.13. The molecular weight excluding hydrogens is 263 g/mol. The van der Waals surface area contributed by atoms with Crippen LogP contribution in [0.1, 0.15) is 16.1 Å². The Kier molecular flexibility index (Phi) is 3.84. The van der Waals surface area contributed by atoms with E-state index in [1.165, 1.54) is 29.0 Å². The van der Waals surface area contributed by atoms with E-state index < -0.39 is 17.7 Å². The molecule has 2 aromatic rings. The molecule has 0 aliphatic rings. The largest absolute Gasteiger partial charge is 0.477 e. The van der Waals surface area contributed by atoms with Gasteiger partial charge in [-0.2, -0.15) is 0 Å². The number of aromatic carboxylic acids is 1. The monoisotopic (exact) mass is 276 g/mol. The second kappa shape index (κ2) is 5.56. The van der Waals surface area contributed by atoms with Crippen LogP contribution < -0.4 is 5.32 Å². The molecular formula is C14H13FN2O3. The zero-order chi connectivity index (χ0) is 14.7. The molecule has 2 rings (SSSR count). The van der Waals surface area contributed by atoms with Crippen molar-refractivity contribution in [2.75, 3.05) is 5.32 Å². The normalized spacial score (nSPS) is 10.3. The Balaban J connectivity index is 2.11. The van der Waals surface area contributed by atoms with Crippen LogP contribution >= 0.6 is 0 Å². The average Bonchev–Trinajstić information content (AvgIpc) is 2.82. The molecule has 0 saturated heterocycles. The number of nitrogens with one attached hydrogen (secondary N) is 1. The molecule has 0 aliphatic heterocycles. The van der Waals surface area contributed by atoms with Gasteiger partial charge in [0, 0.05) is 11.9 Å². The lowest BCUT2D eigenvalue weighted by Gasteiger charge is -2.10. The van der Waals surface area contributed by atoms with Crippen molar-refractivity contribution in [3.63, 3.8) is 0 Å². The Labute approximate surface area is 114 Å². The van der Waals surface area contributed by atoms with Gasteiger partial charge >= 0.3 is 5.97 Å². The summed E-state index contributed by atoms with van der Waals surface area (Å²) in [4.78, 5) is 22.8. The quantitative estimate of drug-likeness (QED) is 0.899. The van der Waals surface area contributed by atoms with E-state index in [-0.39, 0.29) is 12.2 Å². The second-order valence-corrected chi connectivity index (χ2v) is 4.33. The number of aromatic nitrogens is 1. The Morgan fingerprint density at radius 1 is 1.35 bits per heavy atom. The predicted octanol–water partition coefficient (Wildman–Crippen LogP) is 2.27. The summed E-state index contributed by atoms with van der Waals surface area (Å²) >= 11 is 0. The molecule has 0 spiro atoms. The second-order valence-electron chi connectivity index (χ2n) is 4.33. The maximum absolute atomic E-state index is 13.1. The van der Waals surface area contributed by atoms with Crippen LogP contribution in [0.15, 0.2) is 36.5 Å². The number of carboxylic acid groups (broad SMARTS) is 1. The predicted molar refractivity (Wildman–Crippen MR) is 71.2 cm³/mol. The first-order valence-electron chi connectivity index (χ1n) is 5.92. The van der Waals surface area contributed by atoms with Crippen LogP contribution in [-0.4, -0.2) is 21.6 Å². The van der Waals surface area contributed by atoms with E-state index >= 15 is 0 Å². The van der Waals surface area contributed by atoms with Crippen LogP contribution in [0, 0.1) is 12.7 Å². The highest BCUT2D eigenvalue weighted by molar-refractivity contribution is 5.92. The van der Waals surface area contributed by atoms with Crippen LogP contribution in [0.2, 0.25) is 0 Å². The molecule has 1 aromatic carbocycles. The first-order chi connectivity index (χ1) is 9.47. The summed E-state index contributed by atoms with van der Waals surface area (Å²) in [6, 6.07) is 7.04. The van der Waals surface area contributed by atoms with Crippen LogP contribution in [0.3, 0.4) is 0 Å². The number of aryl methyl sites for hydroxylation is 1.